The van der Waals surface area contributed by atoms with Crippen LogP contribution in [-0.4, -0.2) is 30.3 Å². The lowest BCUT2D eigenvalue weighted by Gasteiger charge is -2.19. The number of nitrogens with two attached hydrogens (primary N) is 1. The van der Waals surface area contributed by atoms with Crippen LogP contribution in [0.1, 0.15) is 39.9 Å². The number of amides is 2. The highest BCUT2D eigenvalue weighted by atomic mass is 32.1. The van der Waals surface area contributed by atoms with Gasteiger partial charge in [0.1, 0.15) is 0 Å². The van der Waals surface area contributed by atoms with Crippen molar-refractivity contribution < 1.29 is 9.59 Å². The second-order valence-electron chi connectivity index (χ2n) is 5.20. The number of nitrogens with zero attached hydrogens (tertiary/aromatic N) is 1. The monoisotopic (exact) mass is 280 g/mol. The molecule has 1 atom stereocenters. The van der Waals surface area contributed by atoms with Crippen LogP contribution in [0.4, 0.5) is 0 Å². The van der Waals surface area contributed by atoms with Crippen LogP contribution in [0.3, 0.4) is 0 Å². The molecule has 19 heavy (non-hydrogen) atoms. The van der Waals surface area contributed by atoms with Crippen molar-refractivity contribution in [2.24, 2.45) is 11.7 Å². The summed E-state index contributed by atoms with van der Waals surface area (Å²) < 4.78 is 0. The summed E-state index contributed by atoms with van der Waals surface area (Å²) in [6.45, 7) is 2.19. The van der Waals surface area contributed by atoms with Gasteiger partial charge in [-0.3, -0.25) is 9.59 Å². The van der Waals surface area contributed by atoms with Crippen LogP contribution < -0.4 is 5.73 Å². The summed E-state index contributed by atoms with van der Waals surface area (Å²) in [5.41, 5.74) is 6.43. The van der Waals surface area contributed by atoms with Gasteiger partial charge in [0.2, 0.25) is 5.91 Å². The zero-order chi connectivity index (χ0) is 14.0. The number of rotatable bonds is 4. The van der Waals surface area contributed by atoms with Crippen molar-refractivity contribution in [3.63, 3.8) is 0 Å². The Kier molecular flexibility index (Phi) is 4.24. The van der Waals surface area contributed by atoms with Crippen LogP contribution in [0, 0.1) is 5.92 Å². The van der Waals surface area contributed by atoms with Crippen molar-refractivity contribution >= 4 is 23.2 Å². The molecular weight excluding hydrogens is 260 g/mol. The van der Waals surface area contributed by atoms with E-state index in [-0.39, 0.29) is 12.5 Å². The first kappa shape index (κ1) is 14.1. The molecule has 2 N–H and O–H groups in total. The van der Waals surface area contributed by atoms with E-state index >= 15 is 0 Å². The van der Waals surface area contributed by atoms with Gasteiger partial charge >= 0.3 is 0 Å². The van der Waals surface area contributed by atoms with Gasteiger partial charge in [-0.25, -0.2) is 0 Å². The molecule has 1 aromatic heterocycles. The minimum absolute atomic E-state index is 0.0288. The van der Waals surface area contributed by atoms with Crippen LogP contribution in [0.2, 0.25) is 0 Å². The van der Waals surface area contributed by atoms with Crippen molar-refractivity contribution in [3.8, 4) is 0 Å². The van der Waals surface area contributed by atoms with Crippen molar-refractivity contribution in [1.82, 2.24) is 4.90 Å². The standard InChI is InChI=1S/C14H20N2O2S/c1-3-9-4-5-11-10(6-9)7-12(19-11)14(18)16(2)8-13(15)17/h7,9H,3-6,8H2,1-2H3,(H2,15,17)/t9-/m0/s1. The molecule has 104 valence electrons. The predicted molar refractivity (Wildman–Crippen MR) is 76.3 cm³/mol. The van der Waals surface area contributed by atoms with E-state index < -0.39 is 5.91 Å². The highest BCUT2D eigenvalue weighted by molar-refractivity contribution is 7.14. The molecule has 0 unspecified atom stereocenters. The molecule has 0 aromatic carbocycles. The molecule has 0 spiro atoms. The van der Waals surface area contributed by atoms with Gasteiger partial charge in [0, 0.05) is 11.9 Å². The average Bonchev–Trinajstić information content (AvgIpc) is 2.79. The molecule has 0 saturated heterocycles. The molecule has 4 nitrogen and oxygen atoms in total. The molecule has 0 saturated carbocycles. The molecule has 1 heterocycles. The Hall–Kier alpha value is -1.36. The molecule has 0 bridgehead atoms. The van der Waals surface area contributed by atoms with E-state index in [1.165, 1.54) is 28.2 Å². The van der Waals surface area contributed by atoms with Gasteiger partial charge in [0.05, 0.1) is 11.4 Å². The van der Waals surface area contributed by atoms with Gasteiger partial charge in [-0.15, -0.1) is 11.3 Å². The zero-order valence-corrected chi connectivity index (χ0v) is 12.3. The Morgan fingerprint density at radius 2 is 2.26 bits per heavy atom. The third-order valence-corrected chi connectivity index (χ3v) is 4.94. The number of primary amides is 1. The summed E-state index contributed by atoms with van der Waals surface area (Å²) in [5, 5.41) is 0. The van der Waals surface area contributed by atoms with Gasteiger partial charge in [0.15, 0.2) is 0 Å². The van der Waals surface area contributed by atoms with E-state index in [1.54, 1.807) is 18.4 Å². The number of aryl methyl sites for hydroxylation is 1. The van der Waals surface area contributed by atoms with E-state index in [2.05, 4.69) is 6.92 Å². The number of fused-ring (bicyclic) bond motifs is 1. The number of hydrogen-bond donors (Lipinski definition) is 1. The molecule has 0 fully saturated rings. The maximum absolute atomic E-state index is 12.2. The summed E-state index contributed by atoms with van der Waals surface area (Å²) >= 11 is 1.57. The maximum Gasteiger partial charge on any atom is 0.264 e. The lowest BCUT2D eigenvalue weighted by atomic mass is 9.87. The van der Waals surface area contributed by atoms with Crippen LogP contribution in [0.5, 0.6) is 0 Å². The smallest absolute Gasteiger partial charge is 0.264 e. The van der Waals surface area contributed by atoms with Gasteiger partial charge in [0.25, 0.3) is 5.91 Å². The first-order valence-electron chi connectivity index (χ1n) is 6.66. The number of carbonyl (C=O) groups is 2. The van der Waals surface area contributed by atoms with E-state index in [4.69, 9.17) is 5.73 Å². The summed E-state index contributed by atoms with van der Waals surface area (Å²) in [5.74, 6) is 0.155. The lowest BCUT2D eigenvalue weighted by molar-refractivity contribution is -0.118. The Bertz CT molecular complexity index is 496. The van der Waals surface area contributed by atoms with E-state index in [9.17, 15) is 9.59 Å². The van der Waals surface area contributed by atoms with Crippen LogP contribution in [0.15, 0.2) is 6.07 Å². The molecule has 1 aliphatic carbocycles. The van der Waals surface area contributed by atoms with Gasteiger partial charge in [-0.2, -0.15) is 0 Å². The SMILES string of the molecule is CC[C@H]1CCc2sc(C(=O)N(C)CC(N)=O)cc2C1. The molecule has 1 aromatic rings. The zero-order valence-electron chi connectivity index (χ0n) is 11.4. The fraction of sp³-hybridized carbons (Fsp3) is 0.571. The highest BCUT2D eigenvalue weighted by Crippen LogP contribution is 2.33. The van der Waals surface area contributed by atoms with Crippen molar-refractivity contribution in [2.75, 3.05) is 13.6 Å². The molecule has 0 radical (unpaired) electrons. The Morgan fingerprint density at radius 3 is 2.89 bits per heavy atom. The van der Waals surface area contributed by atoms with E-state index in [0.717, 1.165) is 23.6 Å². The van der Waals surface area contributed by atoms with Crippen LogP contribution in [-0.2, 0) is 17.6 Å². The number of carbonyl (C=O) groups excluding carboxylic acids is 2. The van der Waals surface area contributed by atoms with Gasteiger partial charge in [-0.05, 0) is 36.8 Å². The number of thiophene rings is 1. The van der Waals surface area contributed by atoms with Crippen molar-refractivity contribution in [2.45, 2.75) is 32.6 Å². The lowest BCUT2D eigenvalue weighted by Crippen LogP contribution is -2.34. The normalized spacial score (nSPS) is 17.9. The summed E-state index contributed by atoms with van der Waals surface area (Å²) in [6.07, 6.45) is 4.56. The third-order valence-electron chi connectivity index (χ3n) is 3.71. The maximum atomic E-state index is 12.2. The topological polar surface area (TPSA) is 63.4 Å². The Labute approximate surface area is 117 Å². The highest BCUT2D eigenvalue weighted by Gasteiger charge is 2.23. The predicted octanol–water partition coefficient (Wildman–Crippen LogP) is 1.82. The van der Waals surface area contributed by atoms with Crippen LogP contribution in [0.25, 0.3) is 0 Å². The minimum Gasteiger partial charge on any atom is -0.368 e. The third kappa shape index (κ3) is 3.15. The number of likely N-dealkylation sites (N-methyl/N-ethyl adjacent to an activating group) is 1. The fourth-order valence-corrected chi connectivity index (χ4v) is 3.75. The van der Waals surface area contributed by atoms with E-state index in [0.29, 0.717) is 0 Å². The first-order valence-corrected chi connectivity index (χ1v) is 7.48. The molecule has 1 aliphatic rings. The second-order valence-corrected chi connectivity index (χ2v) is 6.34. The molecular formula is C14H20N2O2S. The molecule has 5 heteroatoms. The van der Waals surface area contributed by atoms with Crippen molar-refractivity contribution in [1.29, 1.82) is 0 Å². The summed E-state index contributed by atoms with van der Waals surface area (Å²) in [4.78, 5) is 26.5. The summed E-state index contributed by atoms with van der Waals surface area (Å²) in [6, 6.07) is 2.00. The number of hydrogen-bond acceptors (Lipinski definition) is 3. The molecule has 0 aliphatic heterocycles. The summed E-state index contributed by atoms with van der Waals surface area (Å²) in [7, 11) is 1.61. The van der Waals surface area contributed by atoms with Crippen molar-refractivity contribution in [3.05, 3.63) is 21.4 Å². The molecule has 2 amide bonds. The second kappa shape index (κ2) is 5.74. The van der Waals surface area contributed by atoms with Crippen LogP contribution >= 0.6 is 11.3 Å². The van der Waals surface area contributed by atoms with Gasteiger partial charge < -0.3 is 10.6 Å². The quantitative estimate of drug-likeness (QED) is 0.914. The Balaban J connectivity index is 2.12. The molecule has 2 rings (SSSR count). The van der Waals surface area contributed by atoms with E-state index in [1.807, 2.05) is 6.07 Å². The van der Waals surface area contributed by atoms with Gasteiger partial charge in [-0.1, -0.05) is 13.3 Å². The Morgan fingerprint density at radius 1 is 1.53 bits per heavy atom. The minimum atomic E-state index is -0.483. The fourth-order valence-electron chi connectivity index (χ4n) is 2.55. The largest absolute Gasteiger partial charge is 0.368 e. The average molecular weight is 280 g/mol. The first-order chi connectivity index (χ1) is 9.01.